The monoisotopic (exact) mass is 468 g/mol. The molecule has 1 N–H and O–H groups in total. The predicted molar refractivity (Wildman–Crippen MR) is 120 cm³/mol. The molecule has 3 aliphatic heterocycles. The molecule has 1 unspecified atom stereocenters. The van der Waals surface area contributed by atoms with Crippen molar-refractivity contribution in [1.82, 2.24) is 9.80 Å². The molecule has 2 fully saturated rings. The lowest BCUT2D eigenvalue weighted by Crippen LogP contribution is -2.42. The second kappa shape index (κ2) is 9.44. The molecular formula is C25H25FN2O6. The number of carbonyl (C=O) groups excluding carboxylic acids is 2. The van der Waals surface area contributed by atoms with Crippen LogP contribution in [0, 0.1) is 5.82 Å². The van der Waals surface area contributed by atoms with Gasteiger partial charge in [-0.25, -0.2) is 4.39 Å². The Hall–Kier alpha value is -3.43. The maximum Gasteiger partial charge on any atom is 0.295 e. The van der Waals surface area contributed by atoms with Gasteiger partial charge in [-0.3, -0.25) is 14.5 Å². The number of nitrogens with zero attached hydrogens (tertiary/aromatic N) is 2. The lowest BCUT2D eigenvalue weighted by atomic mass is 9.94. The predicted octanol–water partition coefficient (Wildman–Crippen LogP) is 2.35. The molecular weight excluding hydrogens is 443 g/mol. The maximum absolute atomic E-state index is 14.9. The topological polar surface area (TPSA) is 88.5 Å². The minimum Gasteiger partial charge on any atom is -0.507 e. The molecule has 1 atom stereocenters. The van der Waals surface area contributed by atoms with E-state index in [1.807, 2.05) is 0 Å². The van der Waals surface area contributed by atoms with Gasteiger partial charge in [-0.2, -0.15) is 0 Å². The molecule has 178 valence electrons. The van der Waals surface area contributed by atoms with Crippen LogP contribution < -0.4 is 9.47 Å². The van der Waals surface area contributed by atoms with E-state index in [9.17, 15) is 19.1 Å². The van der Waals surface area contributed by atoms with Crippen molar-refractivity contribution in [2.45, 2.75) is 6.04 Å². The number of ketones is 1. The minimum atomic E-state index is -1.05. The summed E-state index contributed by atoms with van der Waals surface area (Å²) in [5.74, 6) is -1.58. The van der Waals surface area contributed by atoms with Crippen LogP contribution in [0.25, 0.3) is 5.76 Å². The molecule has 0 spiro atoms. The minimum absolute atomic E-state index is 0.145. The van der Waals surface area contributed by atoms with Crippen molar-refractivity contribution in [2.24, 2.45) is 0 Å². The number of Topliss-reactive ketones (excluding diaryl/α,β-unsaturated/α-hetero) is 1. The van der Waals surface area contributed by atoms with E-state index in [4.69, 9.17) is 14.2 Å². The van der Waals surface area contributed by atoms with Crippen LogP contribution in [0.1, 0.15) is 17.2 Å². The number of fused-ring (bicyclic) bond motifs is 1. The summed E-state index contributed by atoms with van der Waals surface area (Å²) in [5.41, 5.74) is 0.299. The molecule has 0 aromatic heterocycles. The van der Waals surface area contributed by atoms with E-state index in [1.165, 1.54) is 17.0 Å². The molecule has 0 aliphatic carbocycles. The van der Waals surface area contributed by atoms with Crippen LogP contribution in [0.5, 0.6) is 11.5 Å². The Labute approximate surface area is 196 Å². The summed E-state index contributed by atoms with van der Waals surface area (Å²) in [6.07, 6.45) is 0. The van der Waals surface area contributed by atoms with E-state index in [-0.39, 0.29) is 29.0 Å². The van der Waals surface area contributed by atoms with Gasteiger partial charge in [0.2, 0.25) is 0 Å². The lowest BCUT2D eigenvalue weighted by molar-refractivity contribution is -0.140. The van der Waals surface area contributed by atoms with Gasteiger partial charge in [-0.15, -0.1) is 0 Å². The van der Waals surface area contributed by atoms with Gasteiger partial charge in [0.15, 0.2) is 11.5 Å². The van der Waals surface area contributed by atoms with Crippen molar-refractivity contribution in [3.63, 3.8) is 0 Å². The first-order valence-corrected chi connectivity index (χ1v) is 11.3. The first-order valence-electron chi connectivity index (χ1n) is 11.3. The molecule has 34 heavy (non-hydrogen) atoms. The van der Waals surface area contributed by atoms with Crippen LogP contribution in [0.3, 0.4) is 0 Å². The van der Waals surface area contributed by atoms with Gasteiger partial charge in [-0.1, -0.05) is 18.2 Å². The molecule has 2 saturated heterocycles. The zero-order valence-electron chi connectivity index (χ0n) is 18.5. The fourth-order valence-corrected chi connectivity index (χ4v) is 4.55. The number of halogens is 1. The third kappa shape index (κ3) is 4.12. The maximum atomic E-state index is 14.9. The molecule has 5 rings (SSSR count). The molecule has 3 heterocycles. The van der Waals surface area contributed by atoms with Crippen molar-refractivity contribution in [3.05, 3.63) is 65.0 Å². The Morgan fingerprint density at radius 1 is 0.971 bits per heavy atom. The molecule has 8 nitrogen and oxygen atoms in total. The zero-order valence-corrected chi connectivity index (χ0v) is 18.5. The average Bonchev–Trinajstić information content (AvgIpc) is 3.12. The Morgan fingerprint density at radius 3 is 2.47 bits per heavy atom. The summed E-state index contributed by atoms with van der Waals surface area (Å²) < 4.78 is 31.4. The van der Waals surface area contributed by atoms with Crippen molar-refractivity contribution < 1.29 is 33.3 Å². The first kappa shape index (κ1) is 22.4. The van der Waals surface area contributed by atoms with Gasteiger partial charge in [-0.05, 0) is 24.3 Å². The van der Waals surface area contributed by atoms with Crippen LogP contribution in [-0.4, -0.2) is 79.2 Å². The quantitative estimate of drug-likeness (QED) is 0.409. The first-order chi connectivity index (χ1) is 16.5. The van der Waals surface area contributed by atoms with Crippen molar-refractivity contribution in [3.8, 4) is 11.5 Å². The largest absolute Gasteiger partial charge is 0.507 e. The Balaban J connectivity index is 1.55. The second-order valence-corrected chi connectivity index (χ2v) is 8.33. The van der Waals surface area contributed by atoms with Crippen LogP contribution in [0.2, 0.25) is 0 Å². The van der Waals surface area contributed by atoms with Crippen molar-refractivity contribution >= 4 is 17.4 Å². The Morgan fingerprint density at radius 2 is 1.71 bits per heavy atom. The number of ether oxygens (including phenoxy) is 3. The fourth-order valence-electron chi connectivity index (χ4n) is 4.55. The van der Waals surface area contributed by atoms with Crippen molar-refractivity contribution in [2.75, 3.05) is 52.6 Å². The number of aliphatic hydroxyl groups excluding tert-OH is 1. The van der Waals surface area contributed by atoms with E-state index < -0.39 is 23.5 Å². The number of likely N-dealkylation sites (tertiary alicyclic amines) is 1. The highest BCUT2D eigenvalue weighted by Gasteiger charge is 2.47. The molecule has 0 bridgehead atoms. The van der Waals surface area contributed by atoms with Crippen LogP contribution in [-0.2, 0) is 14.3 Å². The van der Waals surface area contributed by atoms with Crippen LogP contribution in [0.4, 0.5) is 4.39 Å². The van der Waals surface area contributed by atoms with Crippen molar-refractivity contribution in [1.29, 1.82) is 0 Å². The summed E-state index contributed by atoms with van der Waals surface area (Å²) in [5, 5.41) is 11.2. The van der Waals surface area contributed by atoms with Gasteiger partial charge in [0.1, 0.15) is 24.8 Å². The molecule has 1 amide bonds. The highest BCUT2D eigenvalue weighted by molar-refractivity contribution is 6.46. The summed E-state index contributed by atoms with van der Waals surface area (Å²) in [6, 6.07) is 9.73. The number of benzene rings is 2. The second-order valence-electron chi connectivity index (χ2n) is 8.33. The molecule has 2 aromatic carbocycles. The number of aliphatic hydroxyl groups is 1. The van der Waals surface area contributed by atoms with E-state index >= 15 is 0 Å². The van der Waals surface area contributed by atoms with Gasteiger partial charge in [0.25, 0.3) is 11.7 Å². The molecule has 2 aromatic rings. The van der Waals surface area contributed by atoms with E-state index in [1.54, 1.807) is 30.3 Å². The van der Waals surface area contributed by atoms with Gasteiger partial charge in [0.05, 0.1) is 24.8 Å². The smallest absolute Gasteiger partial charge is 0.295 e. The van der Waals surface area contributed by atoms with E-state index in [0.29, 0.717) is 57.6 Å². The average molecular weight is 468 g/mol. The number of rotatable bonds is 5. The Bertz CT molecular complexity index is 1140. The number of hydrogen-bond donors (Lipinski definition) is 1. The summed E-state index contributed by atoms with van der Waals surface area (Å²) in [4.78, 5) is 29.7. The fraction of sp³-hybridized carbons (Fsp3) is 0.360. The SMILES string of the molecule is O=C1C(=O)N(CCN2CCOCC2)C(c2ccccc2F)C1=C(O)c1ccc2c(c1)OCCO2. The number of morpholine rings is 1. The number of amides is 1. The van der Waals surface area contributed by atoms with E-state index in [0.717, 1.165) is 0 Å². The molecule has 0 radical (unpaired) electrons. The number of carbonyl (C=O) groups is 2. The van der Waals surface area contributed by atoms with Crippen LogP contribution >= 0.6 is 0 Å². The highest BCUT2D eigenvalue weighted by Crippen LogP contribution is 2.41. The Kier molecular flexibility index (Phi) is 6.21. The zero-order chi connectivity index (χ0) is 23.7. The lowest BCUT2D eigenvalue weighted by Gasteiger charge is -2.31. The summed E-state index contributed by atoms with van der Waals surface area (Å²) in [7, 11) is 0. The standard InChI is InChI=1S/C25H25FN2O6/c26-18-4-2-1-3-17(18)22-21(23(29)16-5-6-19-20(15-16)34-14-13-33-19)24(30)25(31)28(22)8-7-27-9-11-32-12-10-27/h1-6,15,22,29H,7-14H2. The highest BCUT2D eigenvalue weighted by atomic mass is 19.1. The molecule has 9 heteroatoms. The molecule has 3 aliphatic rings. The van der Waals surface area contributed by atoms with E-state index in [2.05, 4.69) is 4.90 Å². The molecule has 0 saturated carbocycles. The number of hydrogen-bond acceptors (Lipinski definition) is 7. The summed E-state index contributed by atoms with van der Waals surface area (Å²) in [6.45, 7) is 4.11. The van der Waals surface area contributed by atoms with Crippen LogP contribution in [0.15, 0.2) is 48.0 Å². The third-order valence-corrected chi connectivity index (χ3v) is 6.32. The normalized spacial score (nSPS) is 22.3. The third-order valence-electron chi connectivity index (χ3n) is 6.32. The van der Waals surface area contributed by atoms with Gasteiger partial charge < -0.3 is 24.2 Å². The van der Waals surface area contributed by atoms with Gasteiger partial charge in [0, 0.05) is 37.3 Å². The summed E-state index contributed by atoms with van der Waals surface area (Å²) >= 11 is 0. The van der Waals surface area contributed by atoms with Gasteiger partial charge >= 0.3 is 0 Å².